The minimum Gasteiger partial charge on any atom is -0.508 e. The molecule has 2 aliphatic rings. The maximum atomic E-state index is 12.9. The van der Waals surface area contributed by atoms with Gasteiger partial charge in [-0.05, 0) is 29.8 Å². The summed E-state index contributed by atoms with van der Waals surface area (Å²) in [7, 11) is 0. The van der Waals surface area contributed by atoms with E-state index < -0.39 is 17.7 Å². The summed E-state index contributed by atoms with van der Waals surface area (Å²) in [5.41, 5.74) is 0.979. The summed E-state index contributed by atoms with van der Waals surface area (Å²) in [5, 5.41) is 20.9. The molecular weight excluding hydrogens is 386 g/mol. The Bertz CT molecular complexity index is 970. The molecule has 156 valence electrons. The summed E-state index contributed by atoms with van der Waals surface area (Å²) >= 11 is 0. The van der Waals surface area contributed by atoms with Crippen LogP contribution in [0.1, 0.15) is 17.2 Å². The van der Waals surface area contributed by atoms with Crippen molar-refractivity contribution in [2.75, 3.05) is 39.4 Å². The number of rotatable bonds is 5. The fourth-order valence-electron chi connectivity index (χ4n) is 3.89. The number of carbonyl (C=O) groups is 2. The predicted molar refractivity (Wildman–Crippen MR) is 109 cm³/mol. The van der Waals surface area contributed by atoms with Crippen molar-refractivity contribution in [3.8, 4) is 5.75 Å². The van der Waals surface area contributed by atoms with Crippen LogP contribution in [0.4, 0.5) is 0 Å². The van der Waals surface area contributed by atoms with E-state index in [1.54, 1.807) is 24.3 Å². The van der Waals surface area contributed by atoms with Crippen molar-refractivity contribution in [2.45, 2.75) is 6.04 Å². The molecular formula is C22H23N3O5. The summed E-state index contributed by atoms with van der Waals surface area (Å²) in [6.45, 7) is 3.70. The van der Waals surface area contributed by atoms with Crippen LogP contribution < -0.4 is 0 Å². The van der Waals surface area contributed by atoms with E-state index in [-0.39, 0.29) is 17.1 Å². The van der Waals surface area contributed by atoms with Crippen LogP contribution in [0.5, 0.6) is 5.75 Å². The Balaban J connectivity index is 1.73. The molecule has 2 aliphatic heterocycles. The molecule has 1 aromatic carbocycles. The molecule has 8 nitrogen and oxygen atoms in total. The van der Waals surface area contributed by atoms with Gasteiger partial charge < -0.3 is 19.8 Å². The molecule has 1 unspecified atom stereocenters. The van der Waals surface area contributed by atoms with Crippen molar-refractivity contribution in [1.29, 1.82) is 0 Å². The highest BCUT2D eigenvalue weighted by molar-refractivity contribution is 6.46. The summed E-state index contributed by atoms with van der Waals surface area (Å²) in [5.74, 6) is -1.63. The third-order valence-electron chi connectivity index (χ3n) is 5.44. The molecule has 2 saturated heterocycles. The van der Waals surface area contributed by atoms with Crippen LogP contribution in [0.3, 0.4) is 0 Å². The van der Waals surface area contributed by atoms with Gasteiger partial charge in [0, 0.05) is 44.1 Å². The highest BCUT2D eigenvalue weighted by atomic mass is 16.5. The van der Waals surface area contributed by atoms with Gasteiger partial charge in [-0.3, -0.25) is 19.5 Å². The van der Waals surface area contributed by atoms with Gasteiger partial charge in [-0.1, -0.05) is 12.1 Å². The van der Waals surface area contributed by atoms with Crippen molar-refractivity contribution >= 4 is 17.4 Å². The zero-order valence-corrected chi connectivity index (χ0v) is 16.4. The Morgan fingerprint density at radius 3 is 2.53 bits per heavy atom. The Kier molecular flexibility index (Phi) is 5.78. The van der Waals surface area contributed by atoms with Gasteiger partial charge in [0.25, 0.3) is 11.7 Å². The van der Waals surface area contributed by atoms with Gasteiger partial charge in [-0.2, -0.15) is 0 Å². The third kappa shape index (κ3) is 3.92. The number of pyridine rings is 1. The number of hydrogen-bond acceptors (Lipinski definition) is 7. The normalized spacial score (nSPS) is 21.9. The molecule has 0 aliphatic carbocycles. The van der Waals surface area contributed by atoms with Crippen molar-refractivity contribution in [3.05, 3.63) is 65.5 Å². The number of aromatic hydroxyl groups is 1. The van der Waals surface area contributed by atoms with E-state index in [1.165, 1.54) is 29.4 Å². The van der Waals surface area contributed by atoms with E-state index in [0.717, 1.165) is 13.1 Å². The number of likely N-dealkylation sites (tertiary alicyclic amines) is 1. The molecule has 1 amide bonds. The molecule has 30 heavy (non-hydrogen) atoms. The molecule has 2 aromatic rings. The van der Waals surface area contributed by atoms with Crippen molar-refractivity contribution in [2.24, 2.45) is 0 Å². The minimum atomic E-state index is -0.786. The molecule has 1 atom stereocenters. The minimum absolute atomic E-state index is 0.0128. The Labute approximate surface area is 174 Å². The Morgan fingerprint density at radius 1 is 1.10 bits per heavy atom. The number of nitrogens with zero attached hydrogens (tertiary/aromatic N) is 3. The largest absolute Gasteiger partial charge is 0.508 e. The number of hydrogen-bond donors (Lipinski definition) is 2. The zero-order chi connectivity index (χ0) is 21.1. The van der Waals surface area contributed by atoms with E-state index in [2.05, 4.69) is 9.88 Å². The summed E-state index contributed by atoms with van der Waals surface area (Å²) in [4.78, 5) is 33.4. The second-order valence-corrected chi connectivity index (χ2v) is 7.28. The van der Waals surface area contributed by atoms with E-state index >= 15 is 0 Å². The molecule has 4 rings (SSSR count). The standard InChI is InChI=1S/C22H23N3O5/c26-17-3-1-2-16(14-17)19-18(20(27)15-4-6-23-7-5-15)21(28)22(29)25(19)9-8-24-10-12-30-13-11-24/h1-7,14,19,26-27H,8-13H2. The molecule has 2 N–H and O–H groups in total. The number of Topliss-reactive ketones (excluding diaryl/α,β-unsaturated/α-hetero) is 1. The van der Waals surface area contributed by atoms with Gasteiger partial charge >= 0.3 is 0 Å². The quantitative estimate of drug-likeness (QED) is 0.439. The van der Waals surface area contributed by atoms with E-state index in [9.17, 15) is 19.8 Å². The molecule has 2 fully saturated rings. The number of benzene rings is 1. The highest BCUT2D eigenvalue weighted by Crippen LogP contribution is 2.39. The number of ether oxygens (including phenoxy) is 1. The summed E-state index contributed by atoms with van der Waals surface area (Å²) < 4.78 is 5.36. The molecule has 8 heteroatoms. The van der Waals surface area contributed by atoms with Gasteiger partial charge in [0.1, 0.15) is 11.5 Å². The van der Waals surface area contributed by atoms with Crippen LogP contribution in [-0.4, -0.2) is 76.1 Å². The molecule has 0 bridgehead atoms. The summed E-state index contributed by atoms with van der Waals surface area (Å²) in [6, 6.07) is 8.79. The van der Waals surface area contributed by atoms with E-state index in [1.807, 2.05) is 0 Å². The number of aliphatic hydroxyl groups is 1. The molecule has 0 saturated carbocycles. The highest BCUT2D eigenvalue weighted by Gasteiger charge is 2.46. The number of morpholine rings is 1. The van der Waals surface area contributed by atoms with Crippen LogP contribution in [0, 0.1) is 0 Å². The Morgan fingerprint density at radius 2 is 1.83 bits per heavy atom. The van der Waals surface area contributed by atoms with Crippen molar-refractivity contribution < 1.29 is 24.5 Å². The number of aromatic nitrogens is 1. The van der Waals surface area contributed by atoms with Gasteiger partial charge in [-0.25, -0.2) is 0 Å². The first kappa shape index (κ1) is 20.1. The fraction of sp³-hybridized carbons (Fsp3) is 0.318. The average Bonchev–Trinajstić information content (AvgIpc) is 3.03. The smallest absolute Gasteiger partial charge is 0.295 e. The lowest BCUT2D eigenvalue weighted by Gasteiger charge is -2.31. The maximum absolute atomic E-state index is 12.9. The molecule has 0 radical (unpaired) electrons. The lowest BCUT2D eigenvalue weighted by molar-refractivity contribution is -0.140. The maximum Gasteiger partial charge on any atom is 0.295 e. The lowest BCUT2D eigenvalue weighted by Crippen LogP contribution is -2.42. The van der Waals surface area contributed by atoms with Crippen molar-refractivity contribution in [1.82, 2.24) is 14.8 Å². The van der Waals surface area contributed by atoms with Gasteiger partial charge in [0.2, 0.25) is 0 Å². The average molecular weight is 409 g/mol. The topological polar surface area (TPSA) is 103 Å². The number of phenolic OH excluding ortho intramolecular Hbond substituents is 1. The van der Waals surface area contributed by atoms with E-state index in [4.69, 9.17) is 4.74 Å². The lowest BCUT2D eigenvalue weighted by atomic mass is 9.95. The number of carbonyl (C=O) groups excluding carboxylic acids is 2. The SMILES string of the molecule is O=C1C(=O)N(CCN2CCOCC2)C(c2cccc(O)c2)C1=C(O)c1ccncc1. The predicted octanol–water partition coefficient (Wildman–Crippen LogP) is 1.54. The Hall–Kier alpha value is -3.23. The third-order valence-corrected chi connectivity index (χ3v) is 5.44. The second-order valence-electron chi connectivity index (χ2n) is 7.28. The first-order chi connectivity index (χ1) is 14.6. The fourth-order valence-corrected chi connectivity index (χ4v) is 3.89. The molecule has 3 heterocycles. The van der Waals surface area contributed by atoms with E-state index in [0.29, 0.717) is 37.4 Å². The number of ketones is 1. The molecule has 0 spiro atoms. The van der Waals surface area contributed by atoms with Gasteiger partial charge in [0.15, 0.2) is 0 Å². The van der Waals surface area contributed by atoms with Crippen LogP contribution >= 0.6 is 0 Å². The van der Waals surface area contributed by atoms with Crippen LogP contribution in [0.25, 0.3) is 5.76 Å². The van der Waals surface area contributed by atoms with Crippen LogP contribution in [0.2, 0.25) is 0 Å². The van der Waals surface area contributed by atoms with Gasteiger partial charge in [0.05, 0.1) is 24.8 Å². The monoisotopic (exact) mass is 409 g/mol. The summed E-state index contributed by atoms with van der Waals surface area (Å²) in [6.07, 6.45) is 3.01. The number of amides is 1. The van der Waals surface area contributed by atoms with Gasteiger partial charge in [-0.15, -0.1) is 0 Å². The van der Waals surface area contributed by atoms with Crippen LogP contribution in [-0.2, 0) is 14.3 Å². The zero-order valence-electron chi connectivity index (χ0n) is 16.4. The first-order valence-electron chi connectivity index (χ1n) is 9.84. The van der Waals surface area contributed by atoms with Crippen molar-refractivity contribution in [3.63, 3.8) is 0 Å². The molecule has 1 aromatic heterocycles. The number of aliphatic hydroxyl groups excluding tert-OH is 1. The second kappa shape index (κ2) is 8.64. The number of phenols is 1. The van der Waals surface area contributed by atoms with Crippen LogP contribution in [0.15, 0.2) is 54.4 Å². The first-order valence-corrected chi connectivity index (χ1v) is 9.84.